The Kier molecular flexibility index (Phi) is 14.0. The molecule has 0 amide bonds. The van der Waals surface area contributed by atoms with E-state index in [0.29, 0.717) is 0 Å². The van der Waals surface area contributed by atoms with E-state index in [2.05, 4.69) is 38.5 Å². The molecule has 0 aliphatic carbocycles. The number of aromatic nitrogens is 2. The van der Waals surface area contributed by atoms with Gasteiger partial charge < -0.3 is 7.43 Å². The van der Waals surface area contributed by atoms with Crippen LogP contribution in [0.1, 0.15) is 6.92 Å². The molecule has 0 aliphatic rings. The third-order valence-corrected chi connectivity index (χ3v) is 5.55. The van der Waals surface area contributed by atoms with Crippen LogP contribution in [0.2, 0.25) is 0 Å². The second kappa shape index (κ2) is 16.3. The van der Waals surface area contributed by atoms with Crippen LogP contribution >= 0.6 is 19.4 Å². The van der Waals surface area contributed by atoms with Crippen molar-refractivity contribution in [1.29, 1.82) is 0 Å². The average Bonchev–Trinajstić information content (AvgIpc) is 2.82. The van der Waals surface area contributed by atoms with Crippen LogP contribution in [0.5, 0.6) is 0 Å². The Balaban J connectivity index is 0.000000243. The van der Waals surface area contributed by atoms with Gasteiger partial charge in [-0.05, 0) is 46.5 Å². The van der Waals surface area contributed by atoms with E-state index in [9.17, 15) is 0 Å². The molecule has 0 N–H and O–H groups in total. The fourth-order valence-electron chi connectivity index (χ4n) is 2.43. The van der Waals surface area contributed by atoms with Crippen LogP contribution in [0.15, 0.2) is 116 Å². The van der Waals surface area contributed by atoms with Crippen molar-refractivity contribution < 1.29 is 13.5 Å². The molecule has 2 aromatic heterocycles. The van der Waals surface area contributed by atoms with Gasteiger partial charge in [-0.15, -0.1) is 0 Å². The van der Waals surface area contributed by atoms with Gasteiger partial charge in [0.05, 0.1) is 0 Å². The van der Waals surface area contributed by atoms with Crippen molar-refractivity contribution >= 4 is 23.6 Å². The molecule has 0 saturated carbocycles. The number of hydrogen-bond donors (Lipinski definition) is 0. The second-order valence-electron chi connectivity index (χ2n) is 5.78. The average molecular weight is 537 g/mol. The minimum atomic E-state index is -1.57. The molecule has 2 nitrogen and oxygen atoms in total. The van der Waals surface area contributed by atoms with Crippen molar-refractivity contribution in [2.24, 2.45) is 0 Å². The standard InChI is InChI=1S/2C11H9N.C3H4.CH3.2ClH.Ru/c2*1-2-4-10(5-3-1)11-6-8-12-9-7-11;1-3-2;;;;/h2*1-9H;3H,1H3;1H3;2*1H;/q;;;-1;;;+2/p-2. The number of allylic oxidation sites excluding steroid dienone is 1. The van der Waals surface area contributed by atoms with Gasteiger partial charge in [0.15, 0.2) is 0 Å². The molecular formula is C26H25Cl2N2Ru-. The smallest absolute Gasteiger partial charge is 0.0273 e. The van der Waals surface area contributed by atoms with E-state index >= 15 is 0 Å². The summed E-state index contributed by atoms with van der Waals surface area (Å²) in [7, 11) is 10.7. The van der Waals surface area contributed by atoms with Crippen LogP contribution in [-0.4, -0.2) is 14.2 Å². The largest absolute Gasteiger partial charge is 0.358 e. The van der Waals surface area contributed by atoms with Crippen LogP contribution < -0.4 is 0 Å². The van der Waals surface area contributed by atoms with Crippen molar-refractivity contribution in [3.8, 4) is 22.3 Å². The molecule has 2 heterocycles. The topological polar surface area (TPSA) is 25.8 Å². The first-order valence-electron chi connectivity index (χ1n) is 9.15. The summed E-state index contributed by atoms with van der Waals surface area (Å²) in [6.45, 7) is 1.85. The Morgan fingerprint density at radius 3 is 1.19 bits per heavy atom. The van der Waals surface area contributed by atoms with Crippen molar-refractivity contribution in [1.82, 2.24) is 9.97 Å². The Morgan fingerprint density at radius 2 is 0.935 bits per heavy atom. The third-order valence-electron chi connectivity index (χ3n) is 3.75. The molecule has 0 fully saturated rings. The molecular weight excluding hydrogens is 512 g/mol. The van der Waals surface area contributed by atoms with Crippen LogP contribution in [0.4, 0.5) is 0 Å². The number of halogens is 2. The maximum Gasteiger partial charge on any atom is 0.0273 e. The summed E-state index contributed by atoms with van der Waals surface area (Å²) in [5.74, 6) is 0. The van der Waals surface area contributed by atoms with Crippen molar-refractivity contribution in [2.45, 2.75) is 6.92 Å². The summed E-state index contributed by atoms with van der Waals surface area (Å²) in [5.41, 5.74) is 4.90. The fourth-order valence-corrected chi connectivity index (χ4v) is 3.72. The maximum atomic E-state index is 5.34. The Morgan fingerprint density at radius 1 is 0.613 bits per heavy atom. The molecule has 2 aromatic carbocycles. The number of hydrogen-bond acceptors (Lipinski definition) is 2. The molecule has 0 atom stereocenters. The number of pyridine rings is 2. The van der Waals surface area contributed by atoms with Gasteiger partial charge in [0.1, 0.15) is 0 Å². The second-order valence-corrected chi connectivity index (χ2v) is 11.2. The van der Waals surface area contributed by atoms with Gasteiger partial charge in [-0.25, -0.2) is 0 Å². The van der Waals surface area contributed by atoms with Crippen molar-refractivity contribution in [3.63, 3.8) is 0 Å². The molecule has 31 heavy (non-hydrogen) atoms. The first-order chi connectivity index (χ1) is 14.7. The number of nitrogens with zero attached hydrogens (tertiary/aromatic N) is 2. The van der Waals surface area contributed by atoms with E-state index in [4.69, 9.17) is 19.4 Å². The number of rotatable bonds is 2. The minimum absolute atomic E-state index is 0. The monoisotopic (exact) mass is 537 g/mol. The summed E-state index contributed by atoms with van der Waals surface area (Å²) in [6.07, 6.45) is 8.98. The van der Waals surface area contributed by atoms with E-state index in [1.165, 1.54) is 22.3 Å². The first-order valence-corrected chi connectivity index (χ1v) is 14.5. The van der Waals surface area contributed by atoms with E-state index in [1.54, 1.807) is 6.08 Å². The molecule has 0 spiro atoms. The molecule has 0 aliphatic heterocycles. The Labute approximate surface area is 198 Å². The van der Waals surface area contributed by atoms with Crippen LogP contribution in [0.25, 0.3) is 22.3 Å². The molecule has 0 bridgehead atoms. The van der Waals surface area contributed by atoms with Crippen molar-refractivity contribution in [3.05, 3.63) is 123 Å². The molecule has 4 rings (SSSR count). The van der Waals surface area contributed by atoms with E-state index < -0.39 is 13.5 Å². The molecule has 4 aromatic rings. The van der Waals surface area contributed by atoms with E-state index in [0.717, 1.165) is 0 Å². The van der Waals surface area contributed by atoms with Gasteiger partial charge in [0.2, 0.25) is 0 Å². The normalized spacial score (nSPS) is 9.32. The molecule has 5 heteroatoms. The van der Waals surface area contributed by atoms with Crippen LogP contribution in [-0.2, 0) is 13.5 Å². The number of benzene rings is 2. The predicted octanol–water partition coefficient (Wildman–Crippen LogP) is 7.84. The quantitative estimate of drug-likeness (QED) is 0.192. The fraction of sp³-hybridized carbons (Fsp3) is 0.0385. The summed E-state index contributed by atoms with van der Waals surface area (Å²) >= 11 is -1.57. The summed E-state index contributed by atoms with van der Waals surface area (Å²) in [6, 6.07) is 28.6. The molecule has 0 saturated heterocycles. The zero-order valence-electron chi connectivity index (χ0n) is 17.5. The third kappa shape index (κ3) is 11.0. The van der Waals surface area contributed by atoms with Crippen LogP contribution in [0.3, 0.4) is 0 Å². The minimum Gasteiger partial charge on any atom is -0.358 e. The van der Waals surface area contributed by atoms with Crippen molar-refractivity contribution in [2.75, 3.05) is 0 Å². The zero-order chi connectivity index (χ0) is 21.4. The van der Waals surface area contributed by atoms with Gasteiger partial charge >= 0.3 is 50.2 Å². The first kappa shape index (κ1) is 26.6. The molecule has 162 valence electrons. The zero-order valence-corrected chi connectivity index (χ0v) is 20.7. The molecule has 0 radical (unpaired) electrons. The Hall–Kier alpha value is -2.41. The van der Waals surface area contributed by atoms with Gasteiger partial charge in [-0.2, -0.15) is 0 Å². The predicted molar refractivity (Wildman–Crippen MR) is 133 cm³/mol. The Bertz CT molecular complexity index is 882. The summed E-state index contributed by atoms with van der Waals surface area (Å²) in [4.78, 5) is 7.94. The van der Waals surface area contributed by atoms with Gasteiger partial charge in [-0.1, -0.05) is 60.7 Å². The van der Waals surface area contributed by atoms with Crippen LogP contribution in [0, 0.1) is 7.43 Å². The van der Waals surface area contributed by atoms with E-state index in [1.807, 2.05) is 92.4 Å². The van der Waals surface area contributed by atoms with Gasteiger partial charge in [0.25, 0.3) is 0 Å². The maximum absolute atomic E-state index is 5.34. The summed E-state index contributed by atoms with van der Waals surface area (Å²) < 4.78 is 2.76. The molecule has 0 unspecified atom stereocenters. The van der Waals surface area contributed by atoms with Gasteiger partial charge in [-0.3, -0.25) is 9.97 Å². The van der Waals surface area contributed by atoms with Gasteiger partial charge in [0, 0.05) is 24.8 Å². The summed E-state index contributed by atoms with van der Waals surface area (Å²) in [5, 5.41) is 0. The van der Waals surface area contributed by atoms with E-state index in [-0.39, 0.29) is 7.43 Å². The SMILES string of the molecule is CC=[C]=[Ru]([Cl])[Cl].[CH3-].c1ccc(-c2ccncc2)cc1.c1ccc(-c2ccncc2)cc1.